The number of hydrogen-bond acceptors (Lipinski definition) is 3. The summed E-state index contributed by atoms with van der Waals surface area (Å²) in [6.45, 7) is 2.33. The molecule has 4 atom stereocenters. The third kappa shape index (κ3) is 3.55. The zero-order valence-corrected chi connectivity index (χ0v) is 12.9. The van der Waals surface area contributed by atoms with Crippen molar-refractivity contribution in [1.82, 2.24) is 0 Å². The van der Waals surface area contributed by atoms with Crippen LogP contribution in [-0.4, -0.2) is 18.0 Å². The van der Waals surface area contributed by atoms with Crippen LogP contribution in [0.5, 0.6) is 0 Å². The lowest BCUT2D eigenvalue weighted by Gasteiger charge is -2.49. The van der Waals surface area contributed by atoms with Crippen LogP contribution in [-0.2, 0) is 14.5 Å². The Hall–Kier alpha value is -0.120. The number of hydrogen-bond donors (Lipinski definition) is 0. The van der Waals surface area contributed by atoms with E-state index in [-0.39, 0.29) is 12.2 Å². The van der Waals surface area contributed by atoms with Gasteiger partial charge in [0.05, 0.1) is 6.10 Å². The standard InChI is InChI=1S/C17H30O3/c1-14-12-16-15-10-8-6-4-2-3-5-7-9-11-17(13-14,18-16)20-19-15/h14-16H,2-13H2,1H3. The predicted octanol–water partition coefficient (Wildman–Crippen LogP) is 4.74. The predicted molar refractivity (Wildman–Crippen MR) is 78.1 cm³/mol. The molecule has 0 aromatic rings. The molecule has 3 rings (SSSR count). The molecule has 3 aliphatic heterocycles. The quantitative estimate of drug-likeness (QED) is 0.600. The Morgan fingerprint density at radius 3 is 2.35 bits per heavy atom. The molecule has 3 heterocycles. The molecule has 0 aromatic carbocycles. The largest absolute Gasteiger partial charge is 0.341 e. The highest BCUT2D eigenvalue weighted by Gasteiger charge is 2.49. The molecule has 20 heavy (non-hydrogen) atoms. The topological polar surface area (TPSA) is 27.7 Å². The Morgan fingerprint density at radius 2 is 1.55 bits per heavy atom. The lowest BCUT2D eigenvalue weighted by Crippen LogP contribution is -2.55. The van der Waals surface area contributed by atoms with Crippen LogP contribution in [0.15, 0.2) is 0 Å². The highest BCUT2D eigenvalue weighted by Crippen LogP contribution is 2.43. The molecule has 4 unspecified atom stereocenters. The minimum atomic E-state index is -0.428. The first kappa shape index (κ1) is 14.8. The first-order valence-electron chi connectivity index (χ1n) is 8.80. The first-order chi connectivity index (χ1) is 9.77. The highest BCUT2D eigenvalue weighted by molar-refractivity contribution is 4.87. The van der Waals surface area contributed by atoms with Gasteiger partial charge in [0.1, 0.15) is 6.10 Å². The van der Waals surface area contributed by atoms with Crippen LogP contribution in [0.1, 0.15) is 84.0 Å². The van der Waals surface area contributed by atoms with Crippen molar-refractivity contribution in [3.63, 3.8) is 0 Å². The maximum atomic E-state index is 6.34. The molecule has 3 aliphatic rings. The fourth-order valence-electron chi connectivity index (χ4n) is 4.11. The van der Waals surface area contributed by atoms with Gasteiger partial charge in [-0.25, -0.2) is 9.78 Å². The average molecular weight is 282 g/mol. The van der Waals surface area contributed by atoms with Gasteiger partial charge >= 0.3 is 0 Å². The number of ether oxygens (including phenoxy) is 1. The molecule has 3 saturated heterocycles. The zero-order valence-electron chi connectivity index (χ0n) is 12.9. The van der Waals surface area contributed by atoms with Gasteiger partial charge in [0, 0.05) is 12.8 Å². The summed E-state index contributed by atoms with van der Waals surface area (Å²) in [7, 11) is 0. The second kappa shape index (κ2) is 6.76. The van der Waals surface area contributed by atoms with E-state index in [2.05, 4.69) is 6.92 Å². The summed E-state index contributed by atoms with van der Waals surface area (Å²) in [5.74, 6) is 0.260. The molecule has 0 amide bonds. The van der Waals surface area contributed by atoms with Crippen molar-refractivity contribution in [2.75, 3.05) is 0 Å². The van der Waals surface area contributed by atoms with Gasteiger partial charge in [0.15, 0.2) is 0 Å². The Kier molecular flexibility index (Phi) is 5.00. The molecule has 116 valence electrons. The van der Waals surface area contributed by atoms with E-state index in [1.807, 2.05) is 0 Å². The summed E-state index contributed by atoms with van der Waals surface area (Å²) in [6.07, 6.45) is 15.3. The molecule has 0 spiro atoms. The SMILES string of the molecule is CC1CC2OC3(CCCCCCCCCCC2OO3)C1. The monoisotopic (exact) mass is 282 g/mol. The van der Waals surface area contributed by atoms with Crippen LogP contribution >= 0.6 is 0 Å². The van der Waals surface area contributed by atoms with E-state index in [0.717, 1.165) is 25.7 Å². The van der Waals surface area contributed by atoms with E-state index in [4.69, 9.17) is 14.5 Å². The lowest BCUT2D eigenvalue weighted by atomic mass is 9.85. The molecule has 0 aromatic heterocycles. The van der Waals surface area contributed by atoms with Gasteiger partial charge < -0.3 is 4.74 Å². The van der Waals surface area contributed by atoms with Gasteiger partial charge in [-0.2, -0.15) is 0 Å². The van der Waals surface area contributed by atoms with E-state index >= 15 is 0 Å². The van der Waals surface area contributed by atoms with Gasteiger partial charge in [-0.1, -0.05) is 51.9 Å². The molecule has 3 nitrogen and oxygen atoms in total. The van der Waals surface area contributed by atoms with Crippen LogP contribution < -0.4 is 0 Å². The summed E-state index contributed by atoms with van der Waals surface area (Å²) in [4.78, 5) is 11.6. The molecule has 3 heteroatoms. The van der Waals surface area contributed by atoms with Crippen LogP contribution in [0.2, 0.25) is 0 Å². The molecule has 0 radical (unpaired) electrons. The van der Waals surface area contributed by atoms with Crippen LogP contribution in [0, 0.1) is 5.92 Å². The van der Waals surface area contributed by atoms with E-state index < -0.39 is 5.79 Å². The van der Waals surface area contributed by atoms with Crippen LogP contribution in [0.3, 0.4) is 0 Å². The lowest BCUT2D eigenvalue weighted by molar-refractivity contribution is -0.517. The molecular weight excluding hydrogens is 252 g/mol. The van der Waals surface area contributed by atoms with E-state index in [9.17, 15) is 0 Å². The average Bonchev–Trinajstić information content (AvgIpc) is 2.42. The normalized spacial score (nSPS) is 44.0. The Bertz CT molecular complexity index is 303. The Balaban J connectivity index is 1.66. The molecule has 0 aliphatic carbocycles. The molecule has 3 fully saturated rings. The van der Waals surface area contributed by atoms with Crippen molar-refractivity contribution >= 4 is 0 Å². The summed E-state index contributed by atoms with van der Waals surface area (Å²) < 4.78 is 6.34. The number of rotatable bonds is 0. The molecule has 0 N–H and O–H groups in total. The fraction of sp³-hybridized carbons (Fsp3) is 1.00. The van der Waals surface area contributed by atoms with Crippen LogP contribution in [0.25, 0.3) is 0 Å². The van der Waals surface area contributed by atoms with E-state index in [1.165, 1.54) is 51.4 Å². The van der Waals surface area contributed by atoms with E-state index in [0.29, 0.717) is 5.92 Å². The summed E-state index contributed by atoms with van der Waals surface area (Å²) in [5, 5.41) is 0. The van der Waals surface area contributed by atoms with Crippen molar-refractivity contribution < 1.29 is 14.5 Å². The van der Waals surface area contributed by atoms with E-state index in [1.54, 1.807) is 0 Å². The first-order valence-corrected chi connectivity index (χ1v) is 8.80. The highest BCUT2D eigenvalue weighted by atomic mass is 17.2. The fourth-order valence-corrected chi connectivity index (χ4v) is 4.11. The van der Waals surface area contributed by atoms with Gasteiger partial charge in [-0.05, 0) is 25.2 Å². The van der Waals surface area contributed by atoms with Gasteiger partial charge in [-0.3, -0.25) is 0 Å². The van der Waals surface area contributed by atoms with Gasteiger partial charge in [0.25, 0.3) is 0 Å². The third-order valence-corrected chi connectivity index (χ3v) is 5.19. The summed E-state index contributed by atoms with van der Waals surface area (Å²) in [5.41, 5.74) is 0. The molecule has 0 saturated carbocycles. The Labute approximate surface area is 123 Å². The second-order valence-electron chi connectivity index (χ2n) is 7.20. The third-order valence-electron chi connectivity index (χ3n) is 5.19. The maximum Gasteiger partial charge on any atom is 0.202 e. The van der Waals surface area contributed by atoms with Crippen molar-refractivity contribution in [3.05, 3.63) is 0 Å². The van der Waals surface area contributed by atoms with Crippen molar-refractivity contribution in [3.8, 4) is 0 Å². The van der Waals surface area contributed by atoms with Crippen molar-refractivity contribution in [2.24, 2.45) is 5.92 Å². The van der Waals surface area contributed by atoms with Crippen molar-refractivity contribution in [1.29, 1.82) is 0 Å². The molecule has 3 bridgehead atoms. The maximum absolute atomic E-state index is 6.34. The second-order valence-corrected chi connectivity index (χ2v) is 7.20. The Morgan fingerprint density at radius 1 is 0.850 bits per heavy atom. The van der Waals surface area contributed by atoms with Crippen molar-refractivity contribution in [2.45, 2.75) is 102 Å². The summed E-state index contributed by atoms with van der Waals surface area (Å²) in [6, 6.07) is 0. The van der Waals surface area contributed by atoms with Gasteiger partial charge in [-0.15, -0.1) is 0 Å². The van der Waals surface area contributed by atoms with Crippen LogP contribution in [0.4, 0.5) is 0 Å². The van der Waals surface area contributed by atoms with Gasteiger partial charge in [0.2, 0.25) is 5.79 Å². The minimum absolute atomic E-state index is 0.161. The zero-order chi connectivity index (χ0) is 13.8. The molecular formula is C17H30O3. The smallest absolute Gasteiger partial charge is 0.202 e. The minimum Gasteiger partial charge on any atom is -0.341 e. The summed E-state index contributed by atoms with van der Waals surface area (Å²) >= 11 is 0.